The maximum absolute atomic E-state index is 11.1. The molecule has 36 heavy (non-hydrogen) atoms. The first-order chi connectivity index (χ1) is 16.9. The molecule has 0 bridgehead atoms. The molecule has 7 N–H and O–H groups in total. The van der Waals surface area contributed by atoms with Gasteiger partial charge < -0.3 is 27.4 Å². The first-order valence-electron chi connectivity index (χ1n) is 13.1. The van der Waals surface area contributed by atoms with Crippen molar-refractivity contribution in [3.8, 4) is 0 Å². The van der Waals surface area contributed by atoms with Gasteiger partial charge in [0.2, 0.25) is 23.6 Å². The van der Waals surface area contributed by atoms with E-state index in [-0.39, 0.29) is 32.0 Å². The van der Waals surface area contributed by atoms with Crippen LogP contribution in [0, 0.1) is 11.8 Å². The Hall–Kier alpha value is -1.34. The molecule has 2 radical (unpaired) electrons. The molecule has 1 rings (SSSR count). The molecule has 0 aromatic rings. The summed E-state index contributed by atoms with van der Waals surface area (Å²) in [4.78, 5) is 45.3. The molecule has 0 unspecified atom stereocenters. The molecule has 1 fully saturated rings. The van der Waals surface area contributed by atoms with Crippen molar-refractivity contribution in [2.24, 2.45) is 23.3 Å². The Morgan fingerprint density at radius 1 is 0.778 bits per heavy atom. The Kier molecular flexibility index (Phi) is 47.4. The summed E-state index contributed by atoms with van der Waals surface area (Å²) in [7, 11) is 0. The molecular formula is C26H58N5O4Sb. The van der Waals surface area contributed by atoms with Gasteiger partial charge in [-0.2, -0.15) is 0 Å². The summed E-state index contributed by atoms with van der Waals surface area (Å²) in [6.07, 6.45) is 8.97. The van der Waals surface area contributed by atoms with Crippen molar-refractivity contribution < 1.29 is 19.2 Å². The quantitative estimate of drug-likeness (QED) is 0.275. The maximum atomic E-state index is 11.1. The zero-order valence-corrected chi connectivity index (χ0v) is 27.2. The summed E-state index contributed by atoms with van der Waals surface area (Å²) >= 11 is 1.75. The molecule has 1 aliphatic rings. The van der Waals surface area contributed by atoms with E-state index in [1.807, 2.05) is 6.92 Å². The van der Waals surface area contributed by atoms with Crippen molar-refractivity contribution in [2.75, 3.05) is 26.2 Å². The van der Waals surface area contributed by atoms with Crippen LogP contribution in [0.4, 0.5) is 0 Å². The predicted octanol–water partition coefficient (Wildman–Crippen LogP) is 3.06. The van der Waals surface area contributed by atoms with Crippen molar-refractivity contribution in [1.82, 2.24) is 16.0 Å². The molecule has 0 saturated heterocycles. The zero-order chi connectivity index (χ0) is 29.4. The van der Waals surface area contributed by atoms with Gasteiger partial charge >= 0.3 is 27.9 Å². The van der Waals surface area contributed by atoms with Crippen molar-refractivity contribution in [3.05, 3.63) is 0 Å². The van der Waals surface area contributed by atoms with Gasteiger partial charge in [-0.1, -0.05) is 93.9 Å². The summed E-state index contributed by atoms with van der Waals surface area (Å²) in [5.74, 6) is -0.0630. The van der Waals surface area contributed by atoms with Crippen molar-refractivity contribution >= 4 is 46.7 Å². The van der Waals surface area contributed by atoms with Crippen LogP contribution in [-0.2, 0) is 19.2 Å². The van der Waals surface area contributed by atoms with Crippen LogP contribution in [-0.4, -0.2) is 72.8 Å². The number of nitrogens with two attached hydrogens (primary N) is 2. The summed E-state index contributed by atoms with van der Waals surface area (Å²) in [6.45, 7) is 16.7. The molecule has 216 valence electrons. The average Bonchev–Trinajstić information content (AvgIpc) is 2.82. The number of nitrogens with one attached hydrogen (secondary N) is 3. The van der Waals surface area contributed by atoms with E-state index in [0.717, 1.165) is 18.4 Å². The van der Waals surface area contributed by atoms with Gasteiger partial charge in [0, 0.05) is 6.42 Å². The topological polar surface area (TPSA) is 156 Å². The van der Waals surface area contributed by atoms with Crippen molar-refractivity contribution in [2.45, 2.75) is 105 Å². The Labute approximate surface area is 235 Å². The molecular weight excluding hydrogens is 568 g/mol. The van der Waals surface area contributed by atoms with Crippen molar-refractivity contribution in [1.29, 1.82) is 0 Å². The van der Waals surface area contributed by atoms with E-state index in [9.17, 15) is 19.2 Å². The Morgan fingerprint density at radius 2 is 1.08 bits per heavy atom. The van der Waals surface area contributed by atoms with Gasteiger partial charge in [0.25, 0.3) is 0 Å². The van der Waals surface area contributed by atoms with E-state index in [1.165, 1.54) is 38.5 Å². The van der Waals surface area contributed by atoms with Crippen LogP contribution >= 0.6 is 0 Å². The molecule has 0 heterocycles. The fourth-order valence-electron chi connectivity index (χ4n) is 2.10. The Morgan fingerprint density at radius 3 is 1.33 bits per heavy atom. The normalized spacial score (nSPS) is 11.4. The SMILES string of the molecule is CC(C)C.CC1CCCCC1.CCC.CCC(=O)NCC(=O)NCC(=O)NCC(N)=O.CCN.[CH3][Sb]. The minimum absolute atomic E-state index is 0.185. The van der Waals surface area contributed by atoms with Crippen LogP contribution in [0.2, 0.25) is 4.87 Å². The number of amides is 4. The van der Waals surface area contributed by atoms with E-state index < -0.39 is 17.7 Å². The molecule has 4 amide bonds. The van der Waals surface area contributed by atoms with Gasteiger partial charge in [-0.3, -0.25) is 19.2 Å². The summed E-state index contributed by atoms with van der Waals surface area (Å²) in [6, 6.07) is 0. The van der Waals surface area contributed by atoms with Gasteiger partial charge in [-0.15, -0.1) is 0 Å². The molecule has 0 spiro atoms. The molecule has 1 aliphatic carbocycles. The van der Waals surface area contributed by atoms with Gasteiger partial charge in [0.1, 0.15) is 0 Å². The second-order valence-corrected chi connectivity index (χ2v) is 8.74. The summed E-state index contributed by atoms with van der Waals surface area (Å²) in [5.41, 5.74) is 9.65. The van der Waals surface area contributed by atoms with E-state index in [1.54, 1.807) is 29.9 Å². The van der Waals surface area contributed by atoms with E-state index >= 15 is 0 Å². The molecule has 0 aliphatic heterocycles. The van der Waals surface area contributed by atoms with Crippen molar-refractivity contribution in [3.63, 3.8) is 0 Å². The average molecular weight is 627 g/mol. The third kappa shape index (κ3) is 58.5. The second-order valence-electron chi connectivity index (χ2n) is 8.74. The molecule has 0 aromatic carbocycles. The predicted molar refractivity (Wildman–Crippen MR) is 154 cm³/mol. The number of carbonyl (C=O) groups is 4. The Balaban J connectivity index is -0.000000137. The third-order valence-electron chi connectivity index (χ3n) is 3.57. The standard InChI is InChI=1S/C9H16N4O4.C7H14.C4H10.C3H8.C2H7N.CH3.Sb/c1-2-7(15)12-4-9(17)13-5-8(16)11-3-6(10)14;1-7-5-3-2-4-6-7;1-4(2)3;1-3-2;1-2-3;;/h2-5H2,1H3,(H2,10,14)(H,11,16)(H,12,15)(H,13,17);7H,2-6H2,1H3;4H,1-3H3;3H2,1-2H3;2-3H2,1H3;1H3;. The fourth-order valence-corrected chi connectivity index (χ4v) is 2.10. The van der Waals surface area contributed by atoms with E-state index in [4.69, 9.17) is 11.5 Å². The van der Waals surface area contributed by atoms with Crippen LogP contribution in [0.15, 0.2) is 0 Å². The molecule has 1 saturated carbocycles. The fraction of sp³-hybridized carbons (Fsp3) is 0.846. The zero-order valence-electron chi connectivity index (χ0n) is 24.7. The molecule has 0 aromatic heterocycles. The van der Waals surface area contributed by atoms with Gasteiger partial charge in [0.15, 0.2) is 0 Å². The number of hydrogen-bond donors (Lipinski definition) is 5. The third-order valence-corrected chi connectivity index (χ3v) is 3.57. The second kappa shape index (κ2) is 38.2. The number of rotatable bonds is 7. The van der Waals surface area contributed by atoms with E-state index in [0.29, 0.717) is 0 Å². The van der Waals surface area contributed by atoms with Crippen LogP contribution in [0.3, 0.4) is 0 Å². The van der Waals surface area contributed by atoms with Gasteiger partial charge in [-0.05, 0) is 18.4 Å². The van der Waals surface area contributed by atoms with Gasteiger partial charge in [-0.25, -0.2) is 0 Å². The van der Waals surface area contributed by atoms with Crippen LogP contribution in [0.25, 0.3) is 0 Å². The number of hydrogen-bond acceptors (Lipinski definition) is 5. The first kappa shape index (κ1) is 44.6. The first-order valence-corrected chi connectivity index (χ1v) is 15.7. The Bertz CT molecular complexity index is 496. The van der Waals surface area contributed by atoms with E-state index in [2.05, 4.69) is 62.4 Å². The van der Waals surface area contributed by atoms with Gasteiger partial charge in [0.05, 0.1) is 19.6 Å². The summed E-state index contributed by atoms with van der Waals surface area (Å²) < 4.78 is 0. The number of primary amides is 1. The van der Waals surface area contributed by atoms with Crippen LogP contribution < -0.4 is 27.4 Å². The molecule has 0 atom stereocenters. The van der Waals surface area contributed by atoms with Crippen LogP contribution in [0.1, 0.15) is 100 Å². The minimum atomic E-state index is -0.667. The number of carbonyl (C=O) groups excluding carboxylic acids is 4. The summed E-state index contributed by atoms with van der Waals surface area (Å²) in [5, 5.41) is 6.82. The molecule has 9 nitrogen and oxygen atoms in total. The van der Waals surface area contributed by atoms with Crippen LogP contribution in [0.5, 0.6) is 0 Å². The monoisotopic (exact) mass is 625 g/mol. The molecule has 10 heteroatoms.